The zero-order valence-electron chi connectivity index (χ0n) is 11.4. The number of ether oxygens (including phenoxy) is 1. The van der Waals surface area contributed by atoms with Crippen LogP contribution in [0.15, 0.2) is 53.0 Å². The molecule has 0 bridgehead atoms. The summed E-state index contributed by atoms with van der Waals surface area (Å²) in [5.74, 6) is -0.440. The van der Waals surface area contributed by atoms with Crippen molar-refractivity contribution < 1.29 is 19.1 Å². The number of fused-ring (bicyclic) bond motifs is 1. The predicted octanol–water partition coefficient (Wildman–Crippen LogP) is 2.65. The second kappa shape index (κ2) is 6.36. The van der Waals surface area contributed by atoms with Gasteiger partial charge in [-0.1, -0.05) is 24.8 Å². The summed E-state index contributed by atoms with van der Waals surface area (Å²) in [4.78, 5) is 24.3. The average molecular weight is 322 g/mol. The Hall–Kier alpha value is -2.73. The lowest BCUT2D eigenvalue weighted by Crippen LogP contribution is -2.25. The molecule has 6 nitrogen and oxygen atoms in total. The van der Waals surface area contributed by atoms with E-state index < -0.39 is 5.63 Å². The van der Waals surface area contributed by atoms with Gasteiger partial charge in [0, 0.05) is 18.5 Å². The minimum atomic E-state index is -0.857. The highest BCUT2D eigenvalue weighted by molar-refractivity contribution is 6.32. The van der Waals surface area contributed by atoms with Crippen LogP contribution < -0.4 is 10.4 Å². The molecule has 0 aliphatic heterocycles. The smallest absolute Gasteiger partial charge is 0.359 e. The molecule has 0 spiro atoms. The molecule has 2 aromatic rings. The maximum Gasteiger partial charge on any atom is 0.359 e. The fourth-order valence-electron chi connectivity index (χ4n) is 1.73. The maximum absolute atomic E-state index is 11.7. The Morgan fingerprint density at radius 1 is 1.41 bits per heavy atom. The SMILES string of the molecule is C=CN(C=C)C(=O)COc1ccc2c(O)c(Cl)c(=O)oc2c1. The molecule has 0 saturated heterocycles. The molecule has 2 rings (SSSR count). The van der Waals surface area contributed by atoms with Crippen LogP contribution >= 0.6 is 11.6 Å². The molecule has 0 radical (unpaired) electrons. The third-order valence-electron chi connectivity index (χ3n) is 2.84. The summed E-state index contributed by atoms with van der Waals surface area (Å²) in [6.45, 7) is 6.67. The van der Waals surface area contributed by atoms with E-state index in [2.05, 4.69) is 13.2 Å². The largest absolute Gasteiger partial charge is 0.505 e. The van der Waals surface area contributed by atoms with Gasteiger partial charge in [-0.3, -0.25) is 9.69 Å². The van der Waals surface area contributed by atoms with E-state index in [-0.39, 0.29) is 34.3 Å². The van der Waals surface area contributed by atoms with Crippen LogP contribution in [0.5, 0.6) is 11.5 Å². The monoisotopic (exact) mass is 321 g/mol. The molecule has 1 heterocycles. The van der Waals surface area contributed by atoms with Gasteiger partial charge in [-0.2, -0.15) is 0 Å². The van der Waals surface area contributed by atoms with Crippen LogP contribution in [-0.2, 0) is 4.79 Å². The van der Waals surface area contributed by atoms with Crippen LogP contribution in [0, 0.1) is 0 Å². The molecular weight excluding hydrogens is 310 g/mol. The Labute approximate surface area is 130 Å². The summed E-state index contributed by atoms with van der Waals surface area (Å²) in [6, 6.07) is 4.36. The van der Waals surface area contributed by atoms with Crippen molar-refractivity contribution in [3.05, 3.63) is 59.2 Å². The Kier molecular flexibility index (Phi) is 4.53. The third-order valence-corrected chi connectivity index (χ3v) is 3.17. The first-order valence-electron chi connectivity index (χ1n) is 6.12. The Morgan fingerprint density at radius 2 is 2.09 bits per heavy atom. The molecule has 7 heteroatoms. The van der Waals surface area contributed by atoms with Gasteiger partial charge in [0.25, 0.3) is 5.91 Å². The van der Waals surface area contributed by atoms with E-state index in [0.29, 0.717) is 5.75 Å². The van der Waals surface area contributed by atoms with E-state index in [0.717, 1.165) is 0 Å². The van der Waals surface area contributed by atoms with Gasteiger partial charge in [0.1, 0.15) is 11.3 Å². The minimum Gasteiger partial charge on any atom is -0.505 e. The number of benzene rings is 1. The van der Waals surface area contributed by atoms with Crippen LogP contribution in [0.1, 0.15) is 0 Å². The molecular formula is C15H12ClNO5. The number of hydrogen-bond acceptors (Lipinski definition) is 5. The highest BCUT2D eigenvalue weighted by atomic mass is 35.5. The number of nitrogens with zero attached hydrogens (tertiary/aromatic N) is 1. The van der Waals surface area contributed by atoms with Gasteiger partial charge in [-0.15, -0.1) is 0 Å². The second-order valence-corrected chi connectivity index (χ2v) is 4.54. The lowest BCUT2D eigenvalue weighted by atomic mass is 10.2. The van der Waals surface area contributed by atoms with E-state index in [1.165, 1.54) is 35.5 Å². The number of carbonyl (C=O) groups is 1. The molecule has 1 aromatic heterocycles. The summed E-state index contributed by atoms with van der Waals surface area (Å²) in [5.41, 5.74) is -0.759. The number of carbonyl (C=O) groups excluding carboxylic acids is 1. The van der Waals surface area contributed by atoms with E-state index in [4.69, 9.17) is 20.8 Å². The molecule has 1 amide bonds. The van der Waals surface area contributed by atoms with Crippen molar-refractivity contribution in [1.82, 2.24) is 4.90 Å². The van der Waals surface area contributed by atoms with Gasteiger partial charge in [0.15, 0.2) is 17.4 Å². The first-order chi connectivity index (χ1) is 10.5. The van der Waals surface area contributed by atoms with Gasteiger partial charge in [0.05, 0.1) is 5.39 Å². The van der Waals surface area contributed by atoms with Gasteiger partial charge in [-0.05, 0) is 12.1 Å². The Bertz CT molecular complexity index is 803. The van der Waals surface area contributed by atoms with E-state index in [1.54, 1.807) is 0 Å². The van der Waals surface area contributed by atoms with Gasteiger partial charge < -0.3 is 14.3 Å². The molecule has 0 aliphatic carbocycles. The Morgan fingerprint density at radius 3 is 2.73 bits per heavy atom. The first-order valence-corrected chi connectivity index (χ1v) is 6.50. The average Bonchev–Trinajstić information content (AvgIpc) is 2.51. The summed E-state index contributed by atoms with van der Waals surface area (Å²) >= 11 is 5.61. The third kappa shape index (κ3) is 2.96. The molecule has 1 aromatic carbocycles. The van der Waals surface area contributed by atoms with Gasteiger partial charge in [0.2, 0.25) is 0 Å². The highest BCUT2D eigenvalue weighted by Gasteiger charge is 2.13. The van der Waals surface area contributed by atoms with E-state index in [9.17, 15) is 14.7 Å². The normalized spacial score (nSPS) is 10.2. The lowest BCUT2D eigenvalue weighted by Gasteiger charge is -2.13. The zero-order valence-corrected chi connectivity index (χ0v) is 12.2. The fourth-order valence-corrected chi connectivity index (χ4v) is 1.87. The zero-order chi connectivity index (χ0) is 16.3. The Balaban J connectivity index is 2.25. The predicted molar refractivity (Wildman–Crippen MR) is 81.9 cm³/mol. The minimum absolute atomic E-state index is 0.0983. The van der Waals surface area contributed by atoms with Crippen molar-refractivity contribution >= 4 is 28.5 Å². The van der Waals surface area contributed by atoms with Crippen LogP contribution in [0.4, 0.5) is 0 Å². The van der Waals surface area contributed by atoms with Crippen LogP contribution in [0.25, 0.3) is 11.0 Å². The van der Waals surface area contributed by atoms with Crippen molar-refractivity contribution in [3.63, 3.8) is 0 Å². The van der Waals surface area contributed by atoms with Crippen LogP contribution in [-0.4, -0.2) is 22.5 Å². The van der Waals surface area contributed by atoms with E-state index in [1.807, 2.05) is 0 Å². The molecule has 22 heavy (non-hydrogen) atoms. The summed E-state index contributed by atoms with van der Waals surface area (Å²) < 4.78 is 10.3. The van der Waals surface area contributed by atoms with Crippen LogP contribution in [0.2, 0.25) is 5.02 Å². The standard InChI is InChI=1S/C15H12ClNO5/c1-3-17(4-2)12(18)8-21-9-5-6-10-11(7-9)22-15(20)13(16)14(10)19/h3-7,19H,1-2,8H2. The molecule has 0 atom stereocenters. The van der Waals surface area contributed by atoms with Gasteiger partial charge >= 0.3 is 5.63 Å². The molecule has 0 saturated carbocycles. The van der Waals surface area contributed by atoms with Crippen molar-refractivity contribution in [2.24, 2.45) is 0 Å². The number of amides is 1. The second-order valence-electron chi connectivity index (χ2n) is 4.16. The lowest BCUT2D eigenvalue weighted by molar-refractivity contribution is -0.128. The number of rotatable bonds is 5. The molecule has 114 valence electrons. The van der Waals surface area contributed by atoms with Gasteiger partial charge in [-0.25, -0.2) is 4.79 Å². The summed E-state index contributed by atoms with van der Waals surface area (Å²) in [6.07, 6.45) is 2.61. The molecule has 0 aliphatic rings. The topological polar surface area (TPSA) is 80.0 Å². The maximum atomic E-state index is 11.7. The fraction of sp³-hybridized carbons (Fsp3) is 0.0667. The summed E-state index contributed by atoms with van der Waals surface area (Å²) in [5, 5.41) is 9.65. The number of halogens is 1. The first kappa shape index (κ1) is 15.7. The highest BCUT2D eigenvalue weighted by Crippen LogP contribution is 2.31. The van der Waals surface area contributed by atoms with Crippen molar-refractivity contribution in [2.45, 2.75) is 0 Å². The number of aromatic hydroxyl groups is 1. The van der Waals surface area contributed by atoms with Crippen molar-refractivity contribution in [2.75, 3.05) is 6.61 Å². The molecule has 1 N–H and O–H groups in total. The molecule has 0 fully saturated rings. The van der Waals surface area contributed by atoms with E-state index >= 15 is 0 Å². The van der Waals surface area contributed by atoms with Crippen molar-refractivity contribution in [3.8, 4) is 11.5 Å². The quantitative estimate of drug-likeness (QED) is 0.856. The van der Waals surface area contributed by atoms with Crippen LogP contribution in [0.3, 0.4) is 0 Å². The van der Waals surface area contributed by atoms with Crippen molar-refractivity contribution in [1.29, 1.82) is 0 Å². The molecule has 0 unspecified atom stereocenters. The number of hydrogen-bond donors (Lipinski definition) is 1. The summed E-state index contributed by atoms with van der Waals surface area (Å²) in [7, 11) is 0.